The van der Waals surface area contributed by atoms with Gasteiger partial charge in [0, 0.05) is 38.2 Å². The number of alkyl halides is 3. The van der Waals surface area contributed by atoms with Crippen LogP contribution in [0.5, 0.6) is 5.88 Å². The predicted octanol–water partition coefficient (Wildman–Crippen LogP) is 2.26. The van der Waals surface area contributed by atoms with E-state index in [4.69, 9.17) is 19.4 Å². The van der Waals surface area contributed by atoms with Crippen LogP contribution in [0.1, 0.15) is 26.2 Å². The molecule has 0 saturated carbocycles. The maximum atomic E-state index is 11.8. The van der Waals surface area contributed by atoms with Crippen LogP contribution < -0.4 is 4.74 Å². The first kappa shape index (κ1) is 20.9. The molecule has 0 aliphatic carbocycles. The molecule has 3 rings (SSSR count). The van der Waals surface area contributed by atoms with E-state index in [1.807, 2.05) is 30.0 Å². The highest BCUT2D eigenvalue weighted by atomic mass is 19.4. The van der Waals surface area contributed by atoms with Gasteiger partial charge in [-0.3, -0.25) is 4.79 Å². The number of hydrogen-bond acceptors (Lipinski definition) is 5. The maximum Gasteiger partial charge on any atom is 0.490 e. The Morgan fingerprint density at radius 2 is 2.15 bits per heavy atom. The minimum absolute atomic E-state index is 0.0292. The third-order valence-electron chi connectivity index (χ3n) is 4.31. The number of carbonyl (C=O) groups is 2. The van der Waals surface area contributed by atoms with Crippen molar-refractivity contribution in [3.63, 3.8) is 0 Å². The van der Waals surface area contributed by atoms with Crippen molar-refractivity contribution in [1.82, 2.24) is 9.88 Å². The zero-order valence-electron chi connectivity index (χ0n) is 14.7. The quantitative estimate of drug-likeness (QED) is 0.852. The molecule has 27 heavy (non-hydrogen) atoms. The number of likely N-dealkylation sites (tertiary alicyclic amines) is 1. The molecule has 2 fully saturated rings. The van der Waals surface area contributed by atoms with E-state index in [0.29, 0.717) is 25.5 Å². The monoisotopic (exact) mass is 390 g/mol. The number of pyridine rings is 1. The van der Waals surface area contributed by atoms with E-state index in [-0.39, 0.29) is 17.6 Å². The molecule has 1 amide bonds. The lowest BCUT2D eigenvalue weighted by Crippen LogP contribution is -2.35. The summed E-state index contributed by atoms with van der Waals surface area (Å²) in [6.45, 7) is 3.96. The summed E-state index contributed by atoms with van der Waals surface area (Å²) in [6, 6.07) is 5.63. The van der Waals surface area contributed by atoms with Crippen molar-refractivity contribution in [2.45, 2.75) is 44.1 Å². The molecular formula is C17H21F3N2O5. The van der Waals surface area contributed by atoms with Crippen molar-refractivity contribution in [2.75, 3.05) is 19.7 Å². The van der Waals surface area contributed by atoms with Crippen LogP contribution in [0.3, 0.4) is 0 Å². The van der Waals surface area contributed by atoms with E-state index in [2.05, 4.69) is 4.98 Å². The Labute approximate surface area is 154 Å². The Morgan fingerprint density at radius 3 is 2.70 bits per heavy atom. The maximum absolute atomic E-state index is 11.8. The summed E-state index contributed by atoms with van der Waals surface area (Å²) < 4.78 is 43.5. The number of carboxylic acids is 1. The van der Waals surface area contributed by atoms with Crippen LogP contribution in [0.2, 0.25) is 0 Å². The molecule has 150 valence electrons. The third-order valence-corrected chi connectivity index (χ3v) is 4.31. The zero-order chi connectivity index (χ0) is 20.1. The first-order valence-corrected chi connectivity index (χ1v) is 8.45. The van der Waals surface area contributed by atoms with Crippen LogP contribution in [0.25, 0.3) is 0 Å². The van der Waals surface area contributed by atoms with Gasteiger partial charge in [0.25, 0.3) is 0 Å². The molecule has 1 aromatic rings. The van der Waals surface area contributed by atoms with E-state index < -0.39 is 12.1 Å². The fraction of sp³-hybridized carbons (Fsp3) is 0.588. The van der Waals surface area contributed by atoms with Gasteiger partial charge in [0.05, 0.1) is 12.2 Å². The van der Waals surface area contributed by atoms with Gasteiger partial charge >= 0.3 is 12.1 Å². The molecule has 2 aliphatic rings. The lowest BCUT2D eigenvalue weighted by Gasteiger charge is -2.23. The first-order valence-electron chi connectivity index (χ1n) is 8.45. The number of aromatic nitrogens is 1. The van der Waals surface area contributed by atoms with Crippen LogP contribution in [0, 0.1) is 0 Å². The topological polar surface area (TPSA) is 89.0 Å². The fourth-order valence-electron chi connectivity index (χ4n) is 3.03. The summed E-state index contributed by atoms with van der Waals surface area (Å²) in [5.41, 5.74) is -0.204. The number of carboxylic acid groups (broad SMARTS) is 1. The third kappa shape index (κ3) is 5.81. The van der Waals surface area contributed by atoms with E-state index >= 15 is 0 Å². The normalized spacial score (nSPS) is 24.4. The van der Waals surface area contributed by atoms with Gasteiger partial charge in [-0.25, -0.2) is 9.78 Å². The molecule has 0 bridgehead atoms. The summed E-state index contributed by atoms with van der Waals surface area (Å²) in [4.78, 5) is 26.7. The molecule has 1 N–H and O–H groups in total. The molecule has 1 spiro atoms. The highest BCUT2D eigenvalue weighted by Crippen LogP contribution is 2.36. The van der Waals surface area contributed by atoms with Gasteiger partial charge in [0.2, 0.25) is 11.8 Å². The van der Waals surface area contributed by atoms with Crippen molar-refractivity contribution in [1.29, 1.82) is 0 Å². The molecule has 2 aliphatic heterocycles. The van der Waals surface area contributed by atoms with Crippen molar-refractivity contribution < 1.29 is 37.3 Å². The van der Waals surface area contributed by atoms with Crippen LogP contribution in [0.4, 0.5) is 13.2 Å². The first-order chi connectivity index (χ1) is 12.6. The second kappa shape index (κ2) is 8.55. The smallest absolute Gasteiger partial charge is 0.475 e. The molecule has 0 unspecified atom stereocenters. The highest BCUT2D eigenvalue weighted by molar-refractivity contribution is 5.76. The highest BCUT2D eigenvalue weighted by Gasteiger charge is 2.47. The number of hydrogen-bond donors (Lipinski definition) is 1. The second-order valence-electron chi connectivity index (χ2n) is 6.33. The minimum atomic E-state index is -5.08. The number of amides is 1. The van der Waals surface area contributed by atoms with Crippen molar-refractivity contribution >= 4 is 11.9 Å². The molecule has 1 aromatic heterocycles. The lowest BCUT2D eigenvalue weighted by atomic mass is 9.98. The second-order valence-corrected chi connectivity index (χ2v) is 6.33. The molecule has 2 saturated heterocycles. The Bertz CT molecular complexity index is 656. The summed E-state index contributed by atoms with van der Waals surface area (Å²) in [7, 11) is 0. The Balaban J connectivity index is 0.000000321. The van der Waals surface area contributed by atoms with Gasteiger partial charge in [0.1, 0.15) is 6.10 Å². The molecule has 0 aromatic carbocycles. The van der Waals surface area contributed by atoms with Crippen molar-refractivity contribution in [3.05, 3.63) is 24.4 Å². The zero-order valence-corrected chi connectivity index (χ0v) is 14.7. The van der Waals surface area contributed by atoms with Gasteiger partial charge in [-0.1, -0.05) is 13.0 Å². The number of rotatable bonds is 3. The summed E-state index contributed by atoms with van der Waals surface area (Å²) >= 11 is 0. The number of carbonyl (C=O) groups excluding carboxylic acids is 1. The van der Waals surface area contributed by atoms with Gasteiger partial charge < -0.3 is 19.5 Å². The number of halogens is 3. The average Bonchev–Trinajstić information content (AvgIpc) is 3.22. The van der Waals surface area contributed by atoms with Gasteiger partial charge in [-0.05, 0) is 12.5 Å². The summed E-state index contributed by atoms with van der Waals surface area (Å²) in [5.74, 6) is -1.91. The standard InChI is InChI=1S/C15H20N2O3.C2HF3O2/c1-2-14(18)17-8-6-15(11-17)9-12(10-19-15)20-13-5-3-4-7-16-13;3-2(4,5)1(6)7/h3-5,7,12H,2,6,8-11H2,1H3;(H,6,7)/t12-,15-;/m0./s1. The Morgan fingerprint density at radius 1 is 1.44 bits per heavy atom. The lowest BCUT2D eigenvalue weighted by molar-refractivity contribution is -0.192. The Kier molecular flexibility index (Phi) is 6.63. The van der Waals surface area contributed by atoms with Gasteiger partial charge in [0.15, 0.2) is 0 Å². The largest absolute Gasteiger partial charge is 0.490 e. The summed E-state index contributed by atoms with van der Waals surface area (Å²) in [6.07, 6.45) is -1.04. The van der Waals surface area contributed by atoms with Crippen LogP contribution in [-0.4, -0.2) is 64.4 Å². The summed E-state index contributed by atoms with van der Waals surface area (Å²) in [5, 5.41) is 7.12. The minimum Gasteiger partial charge on any atom is -0.475 e. The van der Waals surface area contributed by atoms with Crippen molar-refractivity contribution in [3.8, 4) is 5.88 Å². The van der Waals surface area contributed by atoms with Crippen LogP contribution >= 0.6 is 0 Å². The predicted molar refractivity (Wildman–Crippen MR) is 87.1 cm³/mol. The van der Waals surface area contributed by atoms with E-state index in [1.165, 1.54) is 0 Å². The van der Waals surface area contributed by atoms with Gasteiger partial charge in [-0.15, -0.1) is 0 Å². The van der Waals surface area contributed by atoms with Crippen LogP contribution in [-0.2, 0) is 14.3 Å². The molecule has 0 radical (unpaired) electrons. The Hall–Kier alpha value is -2.36. The van der Waals surface area contributed by atoms with Gasteiger partial charge in [-0.2, -0.15) is 13.2 Å². The fourth-order valence-corrected chi connectivity index (χ4v) is 3.03. The van der Waals surface area contributed by atoms with E-state index in [1.54, 1.807) is 6.20 Å². The SMILES string of the molecule is CCC(=O)N1CC[C@]2(C[C@H](Oc3ccccn3)CO2)C1.O=C(O)C(F)(F)F. The molecule has 3 heterocycles. The van der Waals surface area contributed by atoms with E-state index in [0.717, 1.165) is 19.4 Å². The molecular weight excluding hydrogens is 369 g/mol. The number of nitrogens with zero attached hydrogens (tertiary/aromatic N) is 2. The number of aliphatic carboxylic acids is 1. The average molecular weight is 390 g/mol. The molecule has 2 atom stereocenters. The molecule has 7 nitrogen and oxygen atoms in total. The van der Waals surface area contributed by atoms with E-state index in [9.17, 15) is 18.0 Å². The van der Waals surface area contributed by atoms with Crippen LogP contribution in [0.15, 0.2) is 24.4 Å². The van der Waals surface area contributed by atoms with Crippen molar-refractivity contribution in [2.24, 2.45) is 0 Å². The molecule has 10 heteroatoms. The number of ether oxygens (including phenoxy) is 2.